The highest BCUT2D eigenvalue weighted by Crippen LogP contribution is 2.31. The number of hydrogen-bond donors (Lipinski definition) is 1. The molecule has 0 aliphatic carbocycles. The molecule has 0 bridgehead atoms. The molecule has 0 saturated carbocycles. The van der Waals surface area contributed by atoms with E-state index in [1.807, 2.05) is 0 Å². The van der Waals surface area contributed by atoms with Crippen molar-refractivity contribution in [3.05, 3.63) is 47.5 Å². The van der Waals surface area contributed by atoms with Crippen LogP contribution in [0.1, 0.15) is 11.1 Å². The largest absolute Gasteiger partial charge is 0.466 e. The van der Waals surface area contributed by atoms with E-state index in [2.05, 4.69) is 10.1 Å². The summed E-state index contributed by atoms with van der Waals surface area (Å²) >= 11 is 0. The highest BCUT2D eigenvalue weighted by atomic mass is 19.4. The Labute approximate surface area is 119 Å². The molecular formula is C14H14F3NO3. The molecule has 1 rings (SSSR count). The highest BCUT2D eigenvalue weighted by Gasteiger charge is 2.33. The standard InChI is InChI=1S/C14H14F3NO3/c1-21-13(20)7-4-8-18-12(19)9-10-5-2-3-6-11(10)14(15,16)17/h2-7H,8-9H2,1H3,(H,18,19)/b7-4+. The first-order valence-corrected chi connectivity index (χ1v) is 6.01. The third-order valence-corrected chi connectivity index (χ3v) is 2.55. The van der Waals surface area contributed by atoms with Crippen LogP contribution in [0.4, 0.5) is 13.2 Å². The average Bonchev–Trinajstić information content (AvgIpc) is 2.42. The van der Waals surface area contributed by atoms with Crippen molar-refractivity contribution in [3.63, 3.8) is 0 Å². The Hall–Kier alpha value is -2.31. The number of ether oxygens (including phenoxy) is 1. The fourth-order valence-electron chi connectivity index (χ4n) is 1.58. The zero-order valence-electron chi connectivity index (χ0n) is 11.2. The highest BCUT2D eigenvalue weighted by molar-refractivity contribution is 5.82. The summed E-state index contributed by atoms with van der Waals surface area (Å²) in [5.74, 6) is -1.15. The molecule has 0 saturated heterocycles. The van der Waals surface area contributed by atoms with Crippen LogP contribution in [0.2, 0.25) is 0 Å². The van der Waals surface area contributed by atoms with Crippen molar-refractivity contribution in [3.8, 4) is 0 Å². The fourth-order valence-corrected chi connectivity index (χ4v) is 1.58. The molecule has 0 atom stereocenters. The van der Waals surface area contributed by atoms with Gasteiger partial charge in [0.2, 0.25) is 5.91 Å². The van der Waals surface area contributed by atoms with Crippen LogP contribution in [-0.2, 0) is 26.9 Å². The molecule has 0 radical (unpaired) electrons. The van der Waals surface area contributed by atoms with Crippen LogP contribution in [-0.4, -0.2) is 25.5 Å². The summed E-state index contributed by atoms with van der Waals surface area (Å²) in [6.07, 6.45) is -2.42. The molecule has 0 spiro atoms. The topological polar surface area (TPSA) is 55.4 Å². The van der Waals surface area contributed by atoms with Gasteiger partial charge in [0.05, 0.1) is 19.1 Å². The summed E-state index contributed by atoms with van der Waals surface area (Å²) in [5.41, 5.74) is -0.926. The van der Waals surface area contributed by atoms with Gasteiger partial charge in [0.15, 0.2) is 0 Å². The number of halogens is 3. The number of esters is 1. The Bertz CT molecular complexity index is 539. The smallest absolute Gasteiger partial charge is 0.416 e. The monoisotopic (exact) mass is 301 g/mol. The summed E-state index contributed by atoms with van der Waals surface area (Å²) in [6.45, 7) is 0.0299. The van der Waals surface area contributed by atoms with Crippen LogP contribution in [0.25, 0.3) is 0 Å². The van der Waals surface area contributed by atoms with E-state index in [4.69, 9.17) is 0 Å². The van der Waals surface area contributed by atoms with Gasteiger partial charge in [-0.25, -0.2) is 4.79 Å². The van der Waals surface area contributed by atoms with E-state index in [0.29, 0.717) is 0 Å². The van der Waals surface area contributed by atoms with Crippen molar-refractivity contribution in [2.45, 2.75) is 12.6 Å². The molecule has 1 amide bonds. The number of methoxy groups -OCH3 is 1. The van der Waals surface area contributed by atoms with Crippen LogP contribution >= 0.6 is 0 Å². The van der Waals surface area contributed by atoms with Crippen LogP contribution in [0.5, 0.6) is 0 Å². The zero-order valence-corrected chi connectivity index (χ0v) is 11.2. The van der Waals surface area contributed by atoms with Gasteiger partial charge >= 0.3 is 12.1 Å². The van der Waals surface area contributed by atoms with Crippen molar-refractivity contribution in [2.24, 2.45) is 0 Å². The number of carbonyl (C=O) groups is 2. The van der Waals surface area contributed by atoms with E-state index in [9.17, 15) is 22.8 Å². The minimum atomic E-state index is -4.50. The Balaban J connectivity index is 2.60. The second kappa shape index (κ2) is 7.47. The Morgan fingerprint density at radius 3 is 2.57 bits per heavy atom. The maximum atomic E-state index is 12.7. The van der Waals surface area contributed by atoms with E-state index in [1.54, 1.807) is 0 Å². The van der Waals surface area contributed by atoms with Crippen LogP contribution < -0.4 is 5.32 Å². The molecule has 0 heterocycles. The normalized spacial score (nSPS) is 11.4. The van der Waals surface area contributed by atoms with Gasteiger partial charge in [-0.05, 0) is 11.6 Å². The van der Waals surface area contributed by atoms with Gasteiger partial charge in [0.25, 0.3) is 0 Å². The Kier molecular flexibility index (Phi) is 5.95. The van der Waals surface area contributed by atoms with Gasteiger partial charge in [-0.2, -0.15) is 13.2 Å². The molecule has 0 unspecified atom stereocenters. The predicted octanol–water partition coefficient (Wildman–Crippen LogP) is 2.09. The quantitative estimate of drug-likeness (QED) is 0.669. The van der Waals surface area contributed by atoms with Crippen LogP contribution in [0, 0.1) is 0 Å². The summed E-state index contributed by atoms with van der Waals surface area (Å²) in [6, 6.07) is 4.89. The van der Waals surface area contributed by atoms with Crippen molar-refractivity contribution in [1.29, 1.82) is 0 Å². The van der Waals surface area contributed by atoms with E-state index >= 15 is 0 Å². The second-order valence-electron chi connectivity index (χ2n) is 4.06. The summed E-state index contributed by atoms with van der Waals surface area (Å²) in [5, 5.41) is 2.39. The van der Waals surface area contributed by atoms with E-state index < -0.39 is 23.6 Å². The first-order chi connectivity index (χ1) is 9.84. The molecular weight excluding hydrogens is 287 g/mol. The fraction of sp³-hybridized carbons (Fsp3) is 0.286. The Morgan fingerprint density at radius 2 is 1.95 bits per heavy atom. The number of carbonyl (C=O) groups excluding carboxylic acids is 2. The van der Waals surface area contributed by atoms with E-state index in [1.165, 1.54) is 31.4 Å². The van der Waals surface area contributed by atoms with Gasteiger partial charge in [-0.3, -0.25) is 4.79 Å². The third-order valence-electron chi connectivity index (χ3n) is 2.55. The van der Waals surface area contributed by atoms with Crippen molar-refractivity contribution < 1.29 is 27.5 Å². The van der Waals surface area contributed by atoms with Gasteiger partial charge in [0, 0.05) is 12.6 Å². The zero-order chi connectivity index (χ0) is 15.9. The number of nitrogens with one attached hydrogen (secondary N) is 1. The number of alkyl halides is 3. The van der Waals surface area contributed by atoms with Crippen molar-refractivity contribution >= 4 is 11.9 Å². The van der Waals surface area contributed by atoms with Gasteiger partial charge in [0.1, 0.15) is 0 Å². The maximum absolute atomic E-state index is 12.7. The minimum absolute atomic E-state index is 0.0299. The third kappa shape index (κ3) is 5.68. The summed E-state index contributed by atoms with van der Waals surface area (Å²) in [4.78, 5) is 22.3. The molecule has 21 heavy (non-hydrogen) atoms. The summed E-state index contributed by atoms with van der Waals surface area (Å²) < 4.78 is 42.6. The minimum Gasteiger partial charge on any atom is -0.466 e. The lowest BCUT2D eigenvalue weighted by molar-refractivity contribution is -0.138. The first kappa shape index (κ1) is 16.7. The van der Waals surface area contributed by atoms with Crippen LogP contribution in [0.15, 0.2) is 36.4 Å². The average molecular weight is 301 g/mol. The van der Waals surface area contributed by atoms with Gasteiger partial charge in [-0.1, -0.05) is 24.3 Å². The molecule has 1 aromatic rings. The molecule has 1 aromatic carbocycles. The molecule has 0 aliphatic heterocycles. The molecule has 0 aliphatic rings. The van der Waals surface area contributed by atoms with Crippen molar-refractivity contribution in [2.75, 3.05) is 13.7 Å². The number of amides is 1. The molecule has 0 aromatic heterocycles. The van der Waals surface area contributed by atoms with Gasteiger partial charge < -0.3 is 10.1 Å². The van der Waals surface area contributed by atoms with Crippen molar-refractivity contribution in [1.82, 2.24) is 5.32 Å². The molecule has 114 valence electrons. The lowest BCUT2D eigenvalue weighted by Gasteiger charge is -2.12. The van der Waals surface area contributed by atoms with Gasteiger partial charge in [-0.15, -0.1) is 0 Å². The summed E-state index contributed by atoms with van der Waals surface area (Å²) in [7, 11) is 1.21. The first-order valence-electron chi connectivity index (χ1n) is 6.01. The molecule has 7 heteroatoms. The number of benzene rings is 1. The Morgan fingerprint density at radius 1 is 1.29 bits per heavy atom. The number of rotatable bonds is 5. The SMILES string of the molecule is COC(=O)/C=C/CNC(=O)Cc1ccccc1C(F)(F)F. The van der Waals surface area contributed by atoms with E-state index in [-0.39, 0.29) is 18.5 Å². The number of hydrogen-bond acceptors (Lipinski definition) is 3. The van der Waals surface area contributed by atoms with Crippen LogP contribution in [0.3, 0.4) is 0 Å². The maximum Gasteiger partial charge on any atom is 0.416 e. The predicted molar refractivity (Wildman–Crippen MR) is 69.3 cm³/mol. The van der Waals surface area contributed by atoms with E-state index in [0.717, 1.165) is 12.1 Å². The molecule has 4 nitrogen and oxygen atoms in total. The lowest BCUT2D eigenvalue weighted by Crippen LogP contribution is -2.26. The molecule has 1 N–H and O–H groups in total. The second-order valence-corrected chi connectivity index (χ2v) is 4.06. The lowest BCUT2D eigenvalue weighted by atomic mass is 10.0. The molecule has 0 fully saturated rings.